The standard InChI is InChI=1S/C15H22FNOS/c1-5-17(6-2)7-8-19-15-9-11(3)14(16)10-13(15)12(4)18/h9-10H,5-8H2,1-4H3. The van der Waals surface area contributed by atoms with Crippen LogP contribution in [0.2, 0.25) is 0 Å². The molecular weight excluding hydrogens is 261 g/mol. The van der Waals surface area contributed by atoms with Crippen molar-refractivity contribution in [1.82, 2.24) is 4.90 Å². The normalized spacial score (nSPS) is 11.1. The molecule has 0 unspecified atom stereocenters. The third-order valence-electron chi connectivity index (χ3n) is 3.20. The van der Waals surface area contributed by atoms with Crippen LogP contribution in [0.15, 0.2) is 17.0 Å². The minimum Gasteiger partial charge on any atom is -0.303 e. The lowest BCUT2D eigenvalue weighted by atomic mass is 10.1. The van der Waals surface area contributed by atoms with E-state index in [0.29, 0.717) is 11.1 Å². The summed E-state index contributed by atoms with van der Waals surface area (Å²) in [5.74, 6) is 0.523. The maximum absolute atomic E-state index is 13.5. The summed E-state index contributed by atoms with van der Waals surface area (Å²) in [5, 5.41) is 0. The zero-order valence-corrected chi connectivity index (χ0v) is 12.9. The van der Waals surface area contributed by atoms with Gasteiger partial charge in [-0.2, -0.15) is 0 Å². The van der Waals surface area contributed by atoms with E-state index < -0.39 is 0 Å². The Morgan fingerprint density at radius 3 is 2.47 bits per heavy atom. The number of benzene rings is 1. The number of rotatable bonds is 7. The van der Waals surface area contributed by atoms with Crippen LogP contribution in [0.3, 0.4) is 0 Å². The quantitative estimate of drug-likeness (QED) is 0.561. The summed E-state index contributed by atoms with van der Waals surface area (Å²) in [6.45, 7) is 10.5. The molecule has 0 aromatic heterocycles. The van der Waals surface area contributed by atoms with Crippen LogP contribution in [0, 0.1) is 12.7 Å². The van der Waals surface area contributed by atoms with Crippen molar-refractivity contribution >= 4 is 17.5 Å². The van der Waals surface area contributed by atoms with E-state index in [1.165, 1.54) is 13.0 Å². The van der Waals surface area contributed by atoms with Crippen molar-refractivity contribution in [2.45, 2.75) is 32.6 Å². The molecule has 0 aliphatic carbocycles. The van der Waals surface area contributed by atoms with Gasteiger partial charge < -0.3 is 4.90 Å². The Balaban J connectivity index is 2.77. The summed E-state index contributed by atoms with van der Waals surface area (Å²) in [4.78, 5) is 14.8. The molecule has 1 aromatic carbocycles. The average Bonchev–Trinajstić information content (AvgIpc) is 2.38. The van der Waals surface area contributed by atoms with E-state index in [0.717, 1.165) is 30.3 Å². The van der Waals surface area contributed by atoms with Crippen molar-refractivity contribution in [3.63, 3.8) is 0 Å². The van der Waals surface area contributed by atoms with Gasteiger partial charge in [0.15, 0.2) is 5.78 Å². The highest BCUT2D eigenvalue weighted by atomic mass is 32.2. The molecular formula is C15H22FNOS. The molecule has 0 radical (unpaired) electrons. The van der Waals surface area contributed by atoms with Crippen LogP contribution in [0.4, 0.5) is 4.39 Å². The number of ketones is 1. The lowest BCUT2D eigenvalue weighted by Gasteiger charge is -2.18. The Kier molecular flexibility index (Phi) is 6.52. The second-order valence-corrected chi connectivity index (χ2v) is 5.67. The van der Waals surface area contributed by atoms with Crippen LogP contribution in [-0.4, -0.2) is 36.1 Å². The Labute approximate surface area is 119 Å². The number of carbonyl (C=O) groups is 1. The average molecular weight is 283 g/mol. The number of aryl methyl sites for hydroxylation is 1. The fourth-order valence-electron chi connectivity index (χ4n) is 1.87. The molecule has 0 spiro atoms. The molecule has 0 saturated carbocycles. The van der Waals surface area contributed by atoms with Gasteiger partial charge in [0, 0.05) is 22.8 Å². The van der Waals surface area contributed by atoms with Gasteiger partial charge in [0.25, 0.3) is 0 Å². The third kappa shape index (κ3) is 4.62. The molecule has 4 heteroatoms. The molecule has 0 heterocycles. The summed E-state index contributed by atoms with van der Waals surface area (Å²) < 4.78 is 13.5. The van der Waals surface area contributed by atoms with Crippen molar-refractivity contribution in [3.8, 4) is 0 Å². The Morgan fingerprint density at radius 2 is 1.95 bits per heavy atom. The first kappa shape index (κ1) is 16.2. The molecule has 106 valence electrons. The molecule has 1 rings (SSSR count). The number of Topliss-reactive ketones (excluding diaryl/α,β-unsaturated/α-hetero) is 1. The monoisotopic (exact) mass is 283 g/mol. The van der Waals surface area contributed by atoms with E-state index in [2.05, 4.69) is 18.7 Å². The van der Waals surface area contributed by atoms with Gasteiger partial charge in [-0.05, 0) is 44.6 Å². The third-order valence-corrected chi connectivity index (χ3v) is 4.24. The maximum Gasteiger partial charge on any atom is 0.161 e. The topological polar surface area (TPSA) is 20.3 Å². The van der Waals surface area contributed by atoms with Gasteiger partial charge in [0.05, 0.1) is 0 Å². The molecule has 0 bridgehead atoms. The number of hydrogen-bond donors (Lipinski definition) is 0. The van der Waals surface area contributed by atoms with E-state index >= 15 is 0 Å². The van der Waals surface area contributed by atoms with Crippen molar-refractivity contribution < 1.29 is 9.18 Å². The van der Waals surface area contributed by atoms with Gasteiger partial charge in [0.1, 0.15) is 5.82 Å². The zero-order chi connectivity index (χ0) is 14.4. The van der Waals surface area contributed by atoms with Crippen LogP contribution in [0.5, 0.6) is 0 Å². The van der Waals surface area contributed by atoms with Crippen LogP contribution in [0.25, 0.3) is 0 Å². The first-order valence-corrected chi connectivity index (χ1v) is 7.64. The highest BCUT2D eigenvalue weighted by Crippen LogP contribution is 2.26. The maximum atomic E-state index is 13.5. The largest absolute Gasteiger partial charge is 0.303 e. The molecule has 0 aliphatic rings. The summed E-state index contributed by atoms with van der Waals surface area (Å²) in [6.07, 6.45) is 0. The predicted molar refractivity (Wildman–Crippen MR) is 79.7 cm³/mol. The lowest BCUT2D eigenvalue weighted by Crippen LogP contribution is -2.25. The Bertz CT molecular complexity index is 444. The smallest absolute Gasteiger partial charge is 0.161 e. The molecule has 1 aromatic rings. The molecule has 19 heavy (non-hydrogen) atoms. The zero-order valence-electron chi connectivity index (χ0n) is 12.1. The van der Waals surface area contributed by atoms with Crippen LogP contribution in [-0.2, 0) is 0 Å². The van der Waals surface area contributed by atoms with Gasteiger partial charge in [-0.15, -0.1) is 11.8 Å². The number of hydrogen-bond acceptors (Lipinski definition) is 3. The molecule has 0 atom stereocenters. The van der Waals surface area contributed by atoms with Crippen molar-refractivity contribution in [2.75, 3.05) is 25.4 Å². The molecule has 0 amide bonds. The van der Waals surface area contributed by atoms with Crippen LogP contribution < -0.4 is 0 Å². The van der Waals surface area contributed by atoms with Crippen LogP contribution in [0.1, 0.15) is 36.7 Å². The predicted octanol–water partition coefficient (Wildman–Crippen LogP) is 3.77. The molecule has 0 saturated heterocycles. The molecule has 0 aliphatic heterocycles. The molecule has 2 nitrogen and oxygen atoms in total. The molecule has 0 fully saturated rings. The number of nitrogens with zero attached hydrogens (tertiary/aromatic N) is 1. The first-order chi connectivity index (χ1) is 8.99. The van der Waals surface area contributed by atoms with E-state index in [1.807, 2.05) is 0 Å². The van der Waals surface area contributed by atoms with Gasteiger partial charge in [-0.3, -0.25) is 4.79 Å². The van der Waals surface area contributed by atoms with Gasteiger partial charge in [0.2, 0.25) is 0 Å². The number of halogens is 1. The Hall–Kier alpha value is -0.870. The van der Waals surface area contributed by atoms with Gasteiger partial charge in [-0.1, -0.05) is 13.8 Å². The van der Waals surface area contributed by atoms with Crippen LogP contribution >= 0.6 is 11.8 Å². The van der Waals surface area contributed by atoms with E-state index in [-0.39, 0.29) is 11.6 Å². The highest BCUT2D eigenvalue weighted by molar-refractivity contribution is 7.99. The van der Waals surface area contributed by atoms with Gasteiger partial charge >= 0.3 is 0 Å². The summed E-state index contributed by atoms with van der Waals surface area (Å²) in [5.41, 5.74) is 1.09. The lowest BCUT2D eigenvalue weighted by molar-refractivity contribution is 0.101. The first-order valence-electron chi connectivity index (χ1n) is 6.65. The second kappa shape index (κ2) is 7.65. The minimum atomic E-state index is -0.307. The minimum absolute atomic E-state index is 0.0794. The van der Waals surface area contributed by atoms with E-state index in [4.69, 9.17) is 0 Å². The van der Waals surface area contributed by atoms with Crippen molar-refractivity contribution in [3.05, 3.63) is 29.1 Å². The summed E-state index contributed by atoms with van der Waals surface area (Å²) in [7, 11) is 0. The van der Waals surface area contributed by atoms with E-state index in [9.17, 15) is 9.18 Å². The summed E-state index contributed by atoms with van der Waals surface area (Å²) >= 11 is 1.63. The van der Waals surface area contributed by atoms with Crippen molar-refractivity contribution in [1.29, 1.82) is 0 Å². The Morgan fingerprint density at radius 1 is 1.32 bits per heavy atom. The SMILES string of the molecule is CCN(CC)CCSc1cc(C)c(F)cc1C(C)=O. The highest BCUT2D eigenvalue weighted by Gasteiger charge is 2.12. The van der Waals surface area contributed by atoms with Gasteiger partial charge in [-0.25, -0.2) is 4.39 Å². The number of carbonyl (C=O) groups excluding carboxylic acids is 1. The van der Waals surface area contributed by atoms with E-state index in [1.54, 1.807) is 24.8 Å². The van der Waals surface area contributed by atoms with Crippen molar-refractivity contribution in [2.24, 2.45) is 0 Å². The fourth-order valence-corrected chi connectivity index (χ4v) is 3.06. The summed E-state index contributed by atoms with van der Waals surface area (Å²) in [6, 6.07) is 3.14. The fraction of sp³-hybridized carbons (Fsp3) is 0.533. The number of thioether (sulfide) groups is 1. The molecule has 0 N–H and O–H groups in total. The second-order valence-electron chi connectivity index (χ2n) is 4.53.